The molecule has 33 heavy (non-hydrogen) atoms. The van der Waals surface area contributed by atoms with E-state index < -0.39 is 17.1 Å². The number of benzene rings is 2. The van der Waals surface area contributed by atoms with E-state index in [1.165, 1.54) is 0 Å². The maximum Gasteiger partial charge on any atom is 0.294 e. The fraction of sp³-hybridized carbons (Fsp3) is 0.208. The summed E-state index contributed by atoms with van der Waals surface area (Å²) in [7, 11) is 0. The Kier molecular flexibility index (Phi) is 8.20. The summed E-state index contributed by atoms with van der Waals surface area (Å²) in [5, 5.41) is 2.19. The molecule has 170 valence electrons. The van der Waals surface area contributed by atoms with Crippen molar-refractivity contribution in [2.24, 2.45) is 0 Å². The molecule has 3 rings (SSSR count). The van der Waals surface area contributed by atoms with Crippen molar-refractivity contribution in [3.05, 3.63) is 56.9 Å². The van der Waals surface area contributed by atoms with E-state index in [1.807, 2.05) is 26.0 Å². The second-order valence-corrected chi connectivity index (χ2v) is 8.79. The van der Waals surface area contributed by atoms with Gasteiger partial charge in [0.2, 0.25) is 5.91 Å². The number of hydrogen-bond donors (Lipinski definition) is 1. The maximum absolute atomic E-state index is 12.8. The lowest BCUT2D eigenvalue weighted by Gasteiger charge is -2.13. The summed E-state index contributed by atoms with van der Waals surface area (Å²) in [6.07, 6.45) is 6.84. The number of aryl methyl sites for hydroxylation is 1. The van der Waals surface area contributed by atoms with E-state index in [4.69, 9.17) is 15.9 Å². The second kappa shape index (κ2) is 11.1. The van der Waals surface area contributed by atoms with Crippen LogP contribution in [0, 0.1) is 19.3 Å². The van der Waals surface area contributed by atoms with Crippen molar-refractivity contribution in [1.82, 2.24) is 4.90 Å². The molecule has 3 amide bonds. The zero-order valence-corrected chi connectivity index (χ0v) is 20.4. The molecule has 1 saturated heterocycles. The van der Waals surface area contributed by atoms with Crippen LogP contribution in [0.5, 0.6) is 11.5 Å². The fourth-order valence-electron chi connectivity index (χ4n) is 3.04. The van der Waals surface area contributed by atoms with Crippen LogP contribution in [0.2, 0.25) is 0 Å². The minimum absolute atomic E-state index is 0.0710. The van der Waals surface area contributed by atoms with E-state index >= 15 is 0 Å². The van der Waals surface area contributed by atoms with Crippen molar-refractivity contribution in [2.75, 3.05) is 25.1 Å². The van der Waals surface area contributed by atoms with E-state index in [-0.39, 0.29) is 18.1 Å². The van der Waals surface area contributed by atoms with Crippen LogP contribution in [0.3, 0.4) is 0 Å². The first kappa shape index (κ1) is 24.4. The van der Waals surface area contributed by atoms with Crippen LogP contribution in [0.1, 0.15) is 18.1 Å². The van der Waals surface area contributed by atoms with Gasteiger partial charge in [0.1, 0.15) is 13.2 Å². The molecule has 0 spiro atoms. The predicted molar refractivity (Wildman–Crippen MR) is 132 cm³/mol. The molecule has 0 aromatic heterocycles. The maximum atomic E-state index is 12.8. The molecule has 2 aromatic rings. The van der Waals surface area contributed by atoms with Crippen LogP contribution < -0.4 is 14.8 Å². The van der Waals surface area contributed by atoms with Gasteiger partial charge in [-0.1, -0.05) is 18.1 Å². The van der Waals surface area contributed by atoms with Gasteiger partial charge in [-0.25, -0.2) is 0 Å². The molecule has 0 bridgehead atoms. The summed E-state index contributed by atoms with van der Waals surface area (Å²) in [4.78, 5) is 38.7. The topological polar surface area (TPSA) is 84.9 Å². The third-order valence-corrected chi connectivity index (χ3v) is 5.90. The van der Waals surface area contributed by atoms with E-state index in [1.54, 1.807) is 30.3 Å². The number of nitrogens with one attached hydrogen (secondary N) is 1. The highest BCUT2D eigenvalue weighted by atomic mass is 79.9. The molecule has 1 aliphatic rings. The summed E-state index contributed by atoms with van der Waals surface area (Å²) in [6.45, 7) is 3.83. The molecule has 1 fully saturated rings. The molecule has 0 aliphatic carbocycles. The number of halogens is 1. The molecule has 2 aromatic carbocycles. The molecule has 0 radical (unpaired) electrons. The van der Waals surface area contributed by atoms with Gasteiger partial charge in [0.25, 0.3) is 11.1 Å². The van der Waals surface area contributed by atoms with Gasteiger partial charge in [-0.05, 0) is 83.0 Å². The van der Waals surface area contributed by atoms with E-state index in [9.17, 15) is 14.4 Å². The summed E-state index contributed by atoms with van der Waals surface area (Å²) in [5.74, 6) is 2.31. The Morgan fingerprint density at radius 2 is 2.06 bits per heavy atom. The van der Waals surface area contributed by atoms with E-state index in [2.05, 4.69) is 27.2 Å². The first-order chi connectivity index (χ1) is 15.8. The van der Waals surface area contributed by atoms with Crippen LogP contribution >= 0.6 is 27.7 Å². The Morgan fingerprint density at radius 1 is 1.27 bits per heavy atom. The van der Waals surface area contributed by atoms with Gasteiger partial charge in [-0.2, -0.15) is 0 Å². The lowest BCUT2D eigenvalue weighted by Crippen LogP contribution is -2.36. The van der Waals surface area contributed by atoms with Crippen LogP contribution in [0.15, 0.2) is 45.8 Å². The first-order valence-electron chi connectivity index (χ1n) is 9.96. The largest absolute Gasteiger partial charge is 0.490 e. The van der Waals surface area contributed by atoms with Crippen LogP contribution in [0.25, 0.3) is 6.08 Å². The molecule has 9 heteroatoms. The molecule has 0 atom stereocenters. The molecule has 1 N–H and O–H groups in total. The zero-order chi connectivity index (χ0) is 24.0. The standard InChI is InChI=1S/C24H21BrN2O5S/c1-4-9-32-22-18(25)11-16(12-19(22)31-5-2)13-20-23(29)27(24(30)33-20)14-21(28)26-17-8-6-7-15(3)10-17/h1,6-8,10-13H,5,9,14H2,2-3H3,(H,26,28)/b20-13-. The van der Waals surface area contributed by atoms with Crippen LogP contribution in [-0.2, 0) is 9.59 Å². The SMILES string of the molecule is C#CCOc1c(Br)cc(/C=C2\SC(=O)N(CC(=O)Nc3cccc(C)c3)C2=O)cc1OCC. The summed E-state index contributed by atoms with van der Waals surface area (Å²) >= 11 is 4.21. The monoisotopic (exact) mass is 528 g/mol. The third-order valence-electron chi connectivity index (χ3n) is 4.41. The van der Waals surface area contributed by atoms with Gasteiger partial charge in [0, 0.05) is 5.69 Å². The number of carbonyl (C=O) groups excluding carboxylic acids is 3. The molecular weight excluding hydrogens is 508 g/mol. The smallest absolute Gasteiger partial charge is 0.294 e. The highest BCUT2D eigenvalue weighted by Crippen LogP contribution is 2.39. The first-order valence-corrected chi connectivity index (χ1v) is 11.6. The summed E-state index contributed by atoms with van der Waals surface area (Å²) < 4.78 is 11.8. The molecular formula is C24H21BrN2O5S. The molecule has 7 nitrogen and oxygen atoms in total. The number of rotatable bonds is 8. The number of carbonyl (C=O) groups is 3. The lowest BCUT2D eigenvalue weighted by atomic mass is 10.2. The summed E-state index contributed by atoms with van der Waals surface area (Å²) in [6, 6.07) is 10.7. The average Bonchev–Trinajstić information content (AvgIpc) is 3.00. The van der Waals surface area contributed by atoms with Crippen molar-refractivity contribution in [3.63, 3.8) is 0 Å². The molecule has 1 aliphatic heterocycles. The number of imide groups is 1. The van der Waals surface area contributed by atoms with Gasteiger partial charge >= 0.3 is 0 Å². The van der Waals surface area contributed by atoms with Crippen molar-refractivity contribution in [2.45, 2.75) is 13.8 Å². The highest BCUT2D eigenvalue weighted by Gasteiger charge is 2.36. The minimum atomic E-state index is -0.536. The number of nitrogens with zero attached hydrogens (tertiary/aromatic N) is 1. The molecule has 1 heterocycles. The lowest BCUT2D eigenvalue weighted by molar-refractivity contribution is -0.127. The van der Waals surface area contributed by atoms with Gasteiger partial charge in [-0.15, -0.1) is 6.42 Å². The number of ether oxygens (including phenoxy) is 2. The Labute approximate surface area is 204 Å². The van der Waals surface area contributed by atoms with Gasteiger partial charge in [-0.3, -0.25) is 19.3 Å². The second-order valence-electron chi connectivity index (χ2n) is 6.94. The Bertz CT molecular complexity index is 1170. The Balaban J connectivity index is 1.77. The molecule has 0 saturated carbocycles. The number of terminal acetylenes is 1. The fourth-order valence-corrected chi connectivity index (χ4v) is 4.46. The zero-order valence-electron chi connectivity index (χ0n) is 18.0. The van der Waals surface area contributed by atoms with Gasteiger partial charge in [0.15, 0.2) is 11.5 Å². The minimum Gasteiger partial charge on any atom is -0.490 e. The molecule has 0 unspecified atom stereocenters. The Morgan fingerprint density at radius 3 is 2.76 bits per heavy atom. The van der Waals surface area contributed by atoms with Crippen molar-refractivity contribution in [3.8, 4) is 23.8 Å². The average molecular weight is 529 g/mol. The van der Waals surface area contributed by atoms with Gasteiger partial charge < -0.3 is 14.8 Å². The number of amides is 3. The highest BCUT2D eigenvalue weighted by molar-refractivity contribution is 9.10. The van der Waals surface area contributed by atoms with E-state index in [0.717, 1.165) is 22.2 Å². The van der Waals surface area contributed by atoms with Crippen molar-refractivity contribution in [1.29, 1.82) is 0 Å². The van der Waals surface area contributed by atoms with Crippen LogP contribution in [-0.4, -0.2) is 41.7 Å². The van der Waals surface area contributed by atoms with Gasteiger partial charge in [0.05, 0.1) is 16.0 Å². The van der Waals surface area contributed by atoms with Crippen LogP contribution in [0.4, 0.5) is 10.5 Å². The predicted octanol–water partition coefficient (Wildman–Crippen LogP) is 4.84. The van der Waals surface area contributed by atoms with E-state index in [0.29, 0.717) is 33.8 Å². The number of anilines is 1. The normalized spacial score (nSPS) is 14.4. The van der Waals surface area contributed by atoms with Crippen molar-refractivity contribution >= 4 is 56.5 Å². The number of thioether (sulfide) groups is 1. The summed E-state index contributed by atoms with van der Waals surface area (Å²) in [5.41, 5.74) is 2.20. The third kappa shape index (κ3) is 6.18. The Hall–Kier alpha value is -3.22. The number of hydrogen-bond acceptors (Lipinski definition) is 6. The van der Waals surface area contributed by atoms with Crippen molar-refractivity contribution < 1.29 is 23.9 Å². The quantitative estimate of drug-likeness (QED) is 0.389.